The van der Waals surface area contributed by atoms with Crippen LogP contribution in [0.4, 0.5) is 0 Å². The highest BCUT2D eigenvalue weighted by Crippen LogP contribution is 2.36. The molecule has 3 heteroatoms. The summed E-state index contributed by atoms with van der Waals surface area (Å²) in [7, 11) is 2.25. The summed E-state index contributed by atoms with van der Waals surface area (Å²) >= 11 is 0. The number of piperidine rings is 1. The van der Waals surface area contributed by atoms with Crippen LogP contribution in [0.25, 0.3) is 10.8 Å². The van der Waals surface area contributed by atoms with Crippen molar-refractivity contribution in [2.45, 2.75) is 43.9 Å². The topological polar surface area (TPSA) is 36.3 Å². The van der Waals surface area contributed by atoms with E-state index in [0.717, 1.165) is 29.4 Å². The second kappa shape index (κ2) is 5.30. The smallest absolute Gasteiger partial charge is 0.120 e. The molecule has 2 aromatic rings. The summed E-state index contributed by atoms with van der Waals surface area (Å²) in [5.41, 5.74) is 0.702. The van der Waals surface area contributed by atoms with Crippen molar-refractivity contribution in [1.29, 1.82) is 5.26 Å². The fourth-order valence-electron chi connectivity index (χ4n) is 4.02. The molecule has 3 nitrogen and oxygen atoms in total. The van der Waals surface area contributed by atoms with Crippen molar-refractivity contribution in [2.75, 3.05) is 7.05 Å². The van der Waals surface area contributed by atoms with E-state index < -0.39 is 0 Å². The standard InChI is InChI=1S/C19H20N2O/c1-21-16-5-6-17(21)11-19(10-16)22-18-7-4-14-8-13(12-20)2-3-15(14)9-18/h2-4,7-9,16-17,19H,5-6,10-11H2,1H3/t16-,17+,19?. The summed E-state index contributed by atoms with van der Waals surface area (Å²) in [4.78, 5) is 2.53. The van der Waals surface area contributed by atoms with Crippen molar-refractivity contribution < 1.29 is 4.74 Å². The lowest BCUT2D eigenvalue weighted by Crippen LogP contribution is -2.43. The predicted octanol–water partition coefficient (Wildman–Crippen LogP) is 3.72. The van der Waals surface area contributed by atoms with Gasteiger partial charge in [-0.3, -0.25) is 0 Å². The SMILES string of the molecule is CN1[C@@H]2CC[C@H]1CC(Oc1ccc3cc(C#N)ccc3c1)C2. The van der Waals surface area contributed by atoms with E-state index in [4.69, 9.17) is 10.00 Å². The van der Waals surface area contributed by atoms with Gasteiger partial charge in [-0.1, -0.05) is 12.1 Å². The van der Waals surface area contributed by atoms with Gasteiger partial charge in [0, 0.05) is 12.1 Å². The average Bonchev–Trinajstić information content (AvgIpc) is 2.75. The van der Waals surface area contributed by atoms with Gasteiger partial charge in [0.25, 0.3) is 0 Å². The van der Waals surface area contributed by atoms with Crippen LogP contribution >= 0.6 is 0 Å². The number of rotatable bonds is 2. The van der Waals surface area contributed by atoms with E-state index in [-0.39, 0.29) is 0 Å². The number of nitriles is 1. The quantitative estimate of drug-likeness (QED) is 0.846. The maximum atomic E-state index is 8.97. The Morgan fingerprint density at radius 3 is 2.45 bits per heavy atom. The zero-order valence-corrected chi connectivity index (χ0v) is 12.8. The fraction of sp³-hybridized carbons (Fsp3) is 0.421. The predicted molar refractivity (Wildman–Crippen MR) is 86.9 cm³/mol. The Morgan fingerprint density at radius 2 is 1.73 bits per heavy atom. The maximum absolute atomic E-state index is 8.97. The molecule has 0 amide bonds. The van der Waals surface area contributed by atoms with E-state index in [1.54, 1.807) is 0 Å². The molecular weight excluding hydrogens is 272 g/mol. The molecule has 0 aliphatic carbocycles. The number of benzene rings is 2. The van der Waals surface area contributed by atoms with Gasteiger partial charge in [-0.25, -0.2) is 0 Å². The van der Waals surface area contributed by atoms with Crippen LogP contribution < -0.4 is 4.74 Å². The van der Waals surface area contributed by atoms with E-state index in [9.17, 15) is 0 Å². The molecule has 0 aromatic heterocycles. The first-order valence-corrected chi connectivity index (χ1v) is 8.05. The molecule has 2 aliphatic rings. The third-order valence-corrected chi connectivity index (χ3v) is 5.30. The van der Waals surface area contributed by atoms with Gasteiger partial charge in [0.05, 0.1) is 11.6 Å². The molecule has 2 fully saturated rings. The van der Waals surface area contributed by atoms with E-state index in [1.165, 1.54) is 12.8 Å². The molecule has 3 atom stereocenters. The van der Waals surface area contributed by atoms with Gasteiger partial charge in [0.15, 0.2) is 0 Å². The summed E-state index contributed by atoms with van der Waals surface area (Å²) in [5, 5.41) is 11.2. The fourth-order valence-corrected chi connectivity index (χ4v) is 4.02. The van der Waals surface area contributed by atoms with Gasteiger partial charge in [-0.2, -0.15) is 5.26 Å². The van der Waals surface area contributed by atoms with Crippen LogP contribution in [-0.2, 0) is 0 Å². The molecule has 0 radical (unpaired) electrons. The molecule has 0 saturated carbocycles. The highest BCUT2D eigenvalue weighted by molar-refractivity contribution is 5.85. The van der Waals surface area contributed by atoms with Gasteiger partial charge in [-0.05, 0) is 67.8 Å². The van der Waals surface area contributed by atoms with E-state index in [2.05, 4.69) is 30.1 Å². The Hall–Kier alpha value is -2.05. The zero-order chi connectivity index (χ0) is 15.1. The lowest BCUT2D eigenvalue weighted by atomic mass is 10.0. The third-order valence-electron chi connectivity index (χ3n) is 5.30. The Kier molecular flexibility index (Phi) is 3.28. The van der Waals surface area contributed by atoms with E-state index in [0.29, 0.717) is 23.8 Å². The normalized spacial score (nSPS) is 27.7. The first kappa shape index (κ1) is 13.6. The van der Waals surface area contributed by atoms with Gasteiger partial charge >= 0.3 is 0 Å². The van der Waals surface area contributed by atoms with Crippen molar-refractivity contribution >= 4 is 10.8 Å². The van der Waals surface area contributed by atoms with E-state index >= 15 is 0 Å². The van der Waals surface area contributed by atoms with Crippen LogP contribution in [0.5, 0.6) is 5.75 Å². The first-order chi connectivity index (χ1) is 10.7. The van der Waals surface area contributed by atoms with Gasteiger partial charge < -0.3 is 9.64 Å². The largest absolute Gasteiger partial charge is 0.490 e. The molecule has 2 bridgehead atoms. The molecule has 2 aromatic carbocycles. The Morgan fingerprint density at radius 1 is 1.05 bits per heavy atom. The van der Waals surface area contributed by atoms with Crippen LogP contribution in [0.15, 0.2) is 36.4 Å². The summed E-state index contributed by atoms with van der Waals surface area (Å²) in [6, 6.07) is 15.5. The van der Waals surface area contributed by atoms with Crippen LogP contribution in [0, 0.1) is 11.3 Å². The number of nitrogens with zero attached hydrogens (tertiary/aromatic N) is 2. The molecule has 112 valence electrons. The maximum Gasteiger partial charge on any atom is 0.120 e. The zero-order valence-electron chi connectivity index (χ0n) is 12.8. The Balaban J connectivity index is 1.54. The number of hydrogen-bond acceptors (Lipinski definition) is 3. The molecule has 4 rings (SSSR count). The number of hydrogen-bond donors (Lipinski definition) is 0. The summed E-state index contributed by atoms with van der Waals surface area (Å²) < 4.78 is 6.26. The minimum atomic E-state index is 0.338. The van der Waals surface area contributed by atoms with E-state index in [1.807, 2.05) is 24.3 Å². The highest BCUT2D eigenvalue weighted by atomic mass is 16.5. The van der Waals surface area contributed by atoms with Crippen molar-refractivity contribution in [3.8, 4) is 11.8 Å². The van der Waals surface area contributed by atoms with Crippen molar-refractivity contribution in [2.24, 2.45) is 0 Å². The molecule has 22 heavy (non-hydrogen) atoms. The summed E-state index contributed by atoms with van der Waals surface area (Å²) in [6.07, 6.45) is 5.24. The minimum absolute atomic E-state index is 0.338. The molecule has 2 aliphatic heterocycles. The molecule has 0 N–H and O–H groups in total. The van der Waals surface area contributed by atoms with Crippen LogP contribution in [0.1, 0.15) is 31.2 Å². The summed E-state index contributed by atoms with van der Waals surface area (Å²) in [6.45, 7) is 0. The van der Waals surface area contributed by atoms with Crippen molar-refractivity contribution in [3.05, 3.63) is 42.0 Å². The second-order valence-corrected chi connectivity index (χ2v) is 6.60. The lowest BCUT2D eigenvalue weighted by Gasteiger charge is -2.36. The van der Waals surface area contributed by atoms with Crippen LogP contribution in [-0.4, -0.2) is 30.1 Å². The Labute approximate surface area is 131 Å². The molecule has 0 spiro atoms. The van der Waals surface area contributed by atoms with Crippen molar-refractivity contribution in [1.82, 2.24) is 4.90 Å². The first-order valence-electron chi connectivity index (χ1n) is 8.05. The molecule has 1 unspecified atom stereocenters. The third kappa shape index (κ3) is 2.34. The second-order valence-electron chi connectivity index (χ2n) is 6.60. The van der Waals surface area contributed by atoms with Gasteiger partial charge in [0.1, 0.15) is 11.9 Å². The summed E-state index contributed by atoms with van der Waals surface area (Å²) in [5.74, 6) is 0.950. The lowest BCUT2D eigenvalue weighted by molar-refractivity contribution is 0.0662. The van der Waals surface area contributed by atoms with Gasteiger partial charge in [-0.15, -0.1) is 0 Å². The highest BCUT2D eigenvalue weighted by Gasteiger charge is 2.39. The number of fused-ring (bicyclic) bond motifs is 3. The van der Waals surface area contributed by atoms with Gasteiger partial charge in [0.2, 0.25) is 0 Å². The minimum Gasteiger partial charge on any atom is -0.490 e. The average molecular weight is 292 g/mol. The molecular formula is C19H20N2O. The Bertz CT molecular complexity index is 735. The molecule has 2 saturated heterocycles. The van der Waals surface area contributed by atoms with Crippen molar-refractivity contribution in [3.63, 3.8) is 0 Å². The van der Waals surface area contributed by atoms with Crippen LogP contribution in [0.2, 0.25) is 0 Å². The number of ether oxygens (including phenoxy) is 1. The molecule has 2 heterocycles. The monoisotopic (exact) mass is 292 g/mol. The van der Waals surface area contributed by atoms with Crippen LogP contribution in [0.3, 0.4) is 0 Å².